The summed E-state index contributed by atoms with van der Waals surface area (Å²) in [5.74, 6) is 0.807. The quantitative estimate of drug-likeness (QED) is 0.116. The Morgan fingerprint density at radius 3 is 1.50 bits per heavy atom. The maximum Gasteiger partial charge on any atom is 0.127 e. The highest BCUT2D eigenvalue weighted by Gasteiger charge is 2.17. The Labute approximate surface area is 388 Å². The Hall–Kier alpha value is -7.95. The van der Waals surface area contributed by atoms with E-state index < -0.39 is 0 Å². The van der Waals surface area contributed by atoms with Crippen molar-refractivity contribution in [3.05, 3.63) is 240 Å². The molecule has 0 aliphatic heterocycles. The predicted molar refractivity (Wildman–Crippen MR) is 274 cm³/mol. The molecule has 7 aromatic carbocycles. The fraction of sp³-hybridized carbons (Fsp3) is 0.113. The van der Waals surface area contributed by atoms with Crippen LogP contribution in [0.25, 0.3) is 78.1 Å². The van der Waals surface area contributed by atoms with Gasteiger partial charge in [-0.25, -0.2) is 4.98 Å². The van der Waals surface area contributed by atoms with Crippen LogP contribution in [0.5, 0.6) is 5.75 Å². The highest BCUT2D eigenvalue weighted by atomic mass is 16.5. The molecule has 0 amide bonds. The Morgan fingerprint density at radius 2 is 0.909 bits per heavy atom. The van der Waals surface area contributed by atoms with Gasteiger partial charge in [0.15, 0.2) is 0 Å². The van der Waals surface area contributed by atoms with Crippen molar-refractivity contribution < 1.29 is 4.74 Å². The number of fused-ring (bicyclic) bond motifs is 1. The molecule has 0 radical (unpaired) electrons. The number of hydrogen-bond acceptors (Lipinski definition) is 4. The van der Waals surface area contributed by atoms with Crippen molar-refractivity contribution in [2.24, 2.45) is 0 Å². The van der Waals surface area contributed by atoms with E-state index in [0.29, 0.717) is 0 Å². The van der Waals surface area contributed by atoms with E-state index in [-0.39, 0.29) is 0 Å². The molecule has 0 aliphatic rings. The topological polar surface area (TPSA) is 47.9 Å². The molecule has 0 saturated carbocycles. The van der Waals surface area contributed by atoms with Crippen molar-refractivity contribution in [2.45, 2.75) is 39.5 Å². The highest BCUT2D eigenvalue weighted by molar-refractivity contribution is 5.97. The second-order valence-electron chi connectivity index (χ2n) is 17.3. The van der Waals surface area contributed by atoms with Crippen LogP contribution in [0.3, 0.4) is 0 Å². The Balaban J connectivity index is 0.975. The van der Waals surface area contributed by atoms with E-state index in [4.69, 9.17) is 9.72 Å². The van der Waals surface area contributed by atoms with Gasteiger partial charge < -0.3 is 4.74 Å². The van der Waals surface area contributed by atoms with Crippen molar-refractivity contribution in [3.63, 3.8) is 0 Å². The monoisotopic (exact) mass is 853 g/mol. The number of ether oxygens (including phenoxy) is 1. The first-order valence-electron chi connectivity index (χ1n) is 22.8. The first kappa shape index (κ1) is 42.0. The smallest absolute Gasteiger partial charge is 0.127 e. The molecule has 3 aromatic heterocycles. The molecular weight excluding hydrogens is 803 g/mol. The summed E-state index contributed by atoms with van der Waals surface area (Å²) in [5, 5.41) is 1.13. The first-order chi connectivity index (χ1) is 32.4. The van der Waals surface area contributed by atoms with Crippen LogP contribution < -0.4 is 4.74 Å². The number of hydrogen-bond donors (Lipinski definition) is 0. The second kappa shape index (κ2) is 19.0. The van der Waals surface area contributed by atoms with Gasteiger partial charge >= 0.3 is 0 Å². The van der Waals surface area contributed by atoms with Gasteiger partial charge in [-0.3, -0.25) is 9.97 Å². The second-order valence-corrected chi connectivity index (χ2v) is 17.3. The first-order valence-corrected chi connectivity index (χ1v) is 22.8. The van der Waals surface area contributed by atoms with Crippen molar-refractivity contribution in [2.75, 3.05) is 7.11 Å². The maximum atomic E-state index is 6.23. The summed E-state index contributed by atoms with van der Waals surface area (Å²) in [6, 6.07) is 69.8. The van der Waals surface area contributed by atoms with Gasteiger partial charge in [0.25, 0.3) is 0 Å². The van der Waals surface area contributed by atoms with Crippen molar-refractivity contribution >= 4 is 10.9 Å². The molecule has 0 bridgehead atoms. The molecule has 10 aromatic rings. The summed E-state index contributed by atoms with van der Waals surface area (Å²) in [6.07, 6.45) is 7.58. The van der Waals surface area contributed by atoms with Crippen LogP contribution in [0.1, 0.15) is 33.4 Å². The van der Waals surface area contributed by atoms with E-state index in [9.17, 15) is 0 Å². The van der Waals surface area contributed by atoms with Crippen molar-refractivity contribution in [3.8, 4) is 72.9 Å². The van der Waals surface area contributed by atoms with E-state index in [0.717, 1.165) is 104 Å². The molecular formula is C62H51N3O. The van der Waals surface area contributed by atoms with E-state index in [2.05, 4.69) is 218 Å². The van der Waals surface area contributed by atoms with Gasteiger partial charge in [-0.05, 0) is 137 Å². The zero-order chi connectivity index (χ0) is 44.8. The summed E-state index contributed by atoms with van der Waals surface area (Å²) in [5.41, 5.74) is 21.6. The normalized spacial score (nSPS) is 11.2. The summed E-state index contributed by atoms with van der Waals surface area (Å²) >= 11 is 0. The van der Waals surface area contributed by atoms with E-state index in [1.165, 1.54) is 38.9 Å². The molecule has 3 heterocycles. The molecule has 0 atom stereocenters. The molecule has 0 fully saturated rings. The molecule has 320 valence electrons. The summed E-state index contributed by atoms with van der Waals surface area (Å²) in [7, 11) is 1.76. The third-order valence-electron chi connectivity index (χ3n) is 12.6. The van der Waals surface area contributed by atoms with Crippen LogP contribution >= 0.6 is 0 Å². The predicted octanol–water partition coefficient (Wildman–Crippen LogP) is 15.2. The molecule has 4 nitrogen and oxygen atoms in total. The Morgan fingerprint density at radius 1 is 0.364 bits per heavy atom. The minimum atomic E-state index is 0.807. The fourth-order valence-electron chi connectivity index (χ4n) is 8.97. The zero-order valence-corrected chi connectivity index (χ0v) is 37.7. The Kier molecular flexibility index (Phi) is 12.1. The molecule has 10 rings (SSSR count). The summed E-state index contributed by atoms with van der Waals surface area (Å²) < 4.78 is 6.23. The third-order valence-corrected chi connectivity index (χ3v) is 12.6. The molecule has 0 aliphatic carbocycles. The molecule has 0 N–H and O–H groups in total. The van der Waals surface area contributed by atoms with Gasteiger partial charge in [0.1, 0.15) is 5.75 Å². The SMILES string of the molecule is COc1cc(-c2cc(-c3ccccc3)c3ccccc3n2)ccc1-c1ccccc1-c1cc(CCc2ccc(-c3ccc(C)cn3)cc2)cc(CCc2ccc(-c3ccc(C)cn3)cc2)c1. The third kappa shape index (κ3) is 9.31. The van der Waals surface area contributed by atoms with Gasteiger partial charge in [0.05, 0.1) is 29.7 Å². The summed E-state index contributed by atoms with van der Waals surface area (Å²) in [4.78, 5) is 14.4. The highest BCUT2D eigenvalue weighted by Crippen LogP contribution is 2.41. The van der Waals surface area contributed by atoms with Crippen LogP contribution in [-0.2, 0) is 25.7 Å². The van der Waals surface area contributed by atoms with Crippen LogP contribution in [0.2, 0.25) is 0 Å². The fourth-order valence-corrected chi connectivity index (χ4v) is 8.97. The standard InChI is InChI=1S/C62H51N3O/c1-42-17-33-58(63-40-42)49-27-23-44(24-28-49)19-21-46-35-47(22-20-45-25-29-50(30-26-45)59-34-18-43(2)41-64-59)37-52(36-46)53-13-7-8-14-54(53)56-32-31-51(38-62(56)66-3)61-39-57(48-11-5-4-6-12-48)55-15-9-10-16-60(55)65-61/h4-18,23-41H,19-22H2,1-3H3. The Bertz CT molecular complexity index is 3160. The number of aromatic nitrogens is 3. The average Bonchev–Trinajstić information content (AvgIpc) is 3.38. The van der Waals surface area contributed by atoms with Gasteiger partial charge in [-0.1, -0.05) is 158 Å². The zero-order valence-electron chi connectivity index (χ0n) is 37.7. The lowest BCUT2D eigenvalue weighted by Crippen LogP contribution is -1.98. The van der Waals surface area contributed by atoms with Gasteiger partial charge in [-0.15, -0.1) is 0 Å². The van der Waals surface area contributed by atoms with Gasteiger partial charge in [-0.2, -0.15) is 0 Å². The number of aryl methyl sites for hydroxylation is 6. The number of para-hydroxylation sites is 1. The average molecular weight is 854 g/mol. The van der Waals surface area contributed by atoms with Crippen LogP contribution in [0.4, 0.5) is 0 Å². The molecule has 0 spiro atoms. The largest absolute Gasteiger partial charge is 0.496 e. The number of methoxy groups -OCH3 is 1. The van der Waals surface area contributed by atoms with Crippen molar-refractivity contribution in [1.82, 2.24) is 15.0 Å². The number of rotatable bonds is 13. The lowest BCUT2D eigenvalue weighted by Gasteiger charge is -2.17. The van der Waals surface area contributed by atoms with E-state index >= 15 is 0 Å². The minimum absolute atomic E-state index is 0.807. The molecule has 0 unspecified atom stereocenters. The molecule has 4 heteroatoms. The van der Waals surface area contributed by atoms with Crippen LogP contribution in [0.15, 0.2) is 207 Å². The minimum Gasteiger partial charge on any atom is -0.496 e. The van der Waals surface area contributed by atoms with E-state index in [1.807, 2.05) is 12.4 Å². The lowest BCUT2D eigenvalue weighted by molar-refractivity contribution is 0.416. The maximum absolute atomic E-state index is 6.23. The van der Waals surface area contributed by atoms with Gasteiger partial charge in [0.2, 0.25) is 0 Å². The molecule has 66 heavy (non-hydrogen) atoms. The summed E-state index contributed by atoms with van der Waals surface area (Å²) in [6.45, 7) is 4.14. The lowest BCUT2D eigenvalue weighted by atomic mass is 9.89. The molecule has 0 saturated heterocycles. The number of nitrogens with zero attached hydrogens (tertiary/aromatic N) is 3. The van der Waals surface area contributed by atoms with Crippen molar-refractivity contribution in [1.29, 1.82) is 0 Å². The number of benzene rings is 7. The number of pyridine rings is 3. The van der Waals surface area contributed by atoms with Gasteiger partial charge in [0, 0.05) is 40.0 Å². The van der Waals surface area contributed by atoms with Crippen LogP contribution in [-0.4, -0.2) is 22.1 Å². The van der Waals surface area contributed by atoms with Crippen LogP contribution in [0, 0.1) is 13.8 Å². The van der Waals surface area contributed by atoms with E-state index in [1.54, 1.807) is 7.11 Å².